The number of nitrogens with one attached hydrogen (secondary N) is 1. The van der Waals surface area contributed by atoms with E-state index in [4.69, 9.17) is 11.6 Å². The standard InChI is InChI=1S/C22H26BrClN2O2S/c1-3-12-25-22(28)16(2)26(13-17-4-8-19(23)9-5-17)21(27)15-29-14-18-6-10-20(24)11-7-18/h4-11,16H,3,12-15H2,1-2H3,(H,25,28)/t16-/m1/s1. The molecule has 2 aromatic carbocycles. The Hall–Kier alpha value is -1.50. The van der Waals surface area contributed by atoms with Crippen molar-refractivity contribution in [3.05, 3.63) is 69.2 Å². The number of halogens is 2. The number of carbonyl (C=O) groups excluding carboxylic acids is 2. The molecule has 2 amide bonds. The fourth-order valence-corrected chi connectivity index (χ4v) is 3.95. The van der Waals surface area contributed by atoms with Gasteiger partial charge in [0.15, 0.2) is 0 Å². The average molecular weight is 498 g/mol. The highest BCUT2D eigenvalue weighted by atomic mass is 79.9. The normalized spacial score (nSPS) is 11.7. The first-order valence-corrected chi connectivity index (χ1v) is 11.9. The molecule has 156 valence electrons. The van der Waals surface area contributed by atoms with E-state index in [0.29, 0.717) is 29.6 Å². The molecule has 0 radical (unpaired) electrons. The van der Waals surface area contributed by atoms with Crippen LogP contribution in [0.4, 0.5) is 0 Å². The first kappa shape index (κ1) is 23.8. The molecule has 0 aliphatic carbocycles. The Morgan fingerprint density at radius 3 is 2.34 bits per heavy atom. The lowest BCUT2D eigenvalue weighted by molar-refractivity contribution is -0.138. The number of nitrogens with zero attached hydrogens (tertiary/aromatic N) is 1. The van der Waals surface area contributed by atoms with Crippen LogP contribution in [0.5, 0.6) is 0 Å². The molecule has 0 aromatic heterocycles. The van der Waals surface area contributed by atoms with E-state index < -0.39 is 6.04 Å². The van der Waals surface area contributed by atoms with Crippen LogP contribution in [0.25, 0.3) is 0 Å². The summed E-state index contributed by atoms with van der Waals surface area (Å²) in [6, 6.07) is 14.9. The maximum Gasteiger partial charge on any atom is 0.242 e. The van der Waals surface area contributed by atoms with Gasteiger partial charge in [-0.1, -0.05) is 58.7 Å². The van der Waals surface area contributed by atoms with Gasteiger partial charge in [0.25, 0.3) is 0 Å². The quantitative estimate of drug-likeness (QED) is 0.486. The Labute approximate surface area is 190 Å². The lowest BCUT2D eigenvalue weighted by Crippen LogP contribution is -2.48. The molecule has 2 aromatic rings. The minimum absolute atomic E-state index is 0.0500. The Kier molecular flexibility index (Phi) is 10.0. The highest BCUT2D eigenvalue weighted by molar-refractivity contribution is 9.10. The van der Waals surface area contributed by atoms with Crippen LogP contribution in [0.15, 0.2) is 53.0 Å². The second-order valence-electron chi connectivity index (χ2n) is 6.73. The van der Waals surface area contributed by atoms with E-state index in [9.17, 15) is 9.59 Å². The first-order valence-electron chi connectivity index (χ1n) is 9.54. The largest absolute Gasteiger partial charge is 0.354 e. The summed E-state index contributed by atoms with van der Waals surface area (Å²) >= 11 is 10.9. The first-order chi connectivity index (χ1) is 13.9. The van der Waals surface area contributed by atoms with Gasteiger partial charge in [-0.25, -0.2) is 0 Å². The maximum absolute atomic E-state index is 13.0. The zero-order valence-corrected chi connectivity index (χ0v) is 19.8. The van der Waals surface area contributed by atoms with Crippen molar-refractivity contribution in [3.8, 4) is 0 Å². The average Bonchev–Trinajstić information content (AvgIpc) is 2.72. The molecule has 0 saturated heterocycles. The predicted octanol–water partition coefficient (Wildman–Crippen LogP) is 5.28. The van der Waals surface area contributed by atoms with Gasteiger partial charge < -0.3 is 10.2 Å². The van der Waals surface area contributed by atoms with Crippen LogP contribution in [-0.2, 0) is 21.9 Å². The summed E-state index contributed by atoms with van der Waals surface area (Å²) in [5, 5.41) is 3.59. The fraction of sp³-hybridized carbons (Fsp3) is 0.364. The van der Waals surface area contributed by atoms with Crippen LogP contribution in [0.3, 0.4) is 0 Å². The third-order valence-corrected chi connectivity index (χ3v) is 6.16. The molecule has 0 saturated carbocycles. The van der Waals surface area contributed by atoms with Gasteiger partial charge in [0.2, 0.25) is 11.8 Å². The summed E-state index contributed by atoms with van der Waals surface area (Å²) in [6.07, 6.45) is 0.857. The summed E-state index contributed by atoms with van der Waals surface area (Å²) in [5.74, 6) is 0.849. The molecule has 0 fully saturated rings. The van der Waals surface area contributed by atoms with Gasteiger partial charge in [0.1, 0.15) is 6.04 Å². The van der Waals surface area contributed by atoms with Gasteiger partial charge in [-0.05, 0) is 48.7 Å². The van der Waals surface area contributed by atoms with Gasteiger partial charge in [0, 0.05) is 28.3 Å². The monoisotopic (exact) mass is 496 g/mol. The molecular formula is C22H26BrClN2O2S. The smallest absolute Gasteiger partial charge is 0.242 e. The molecule has 0 unspecified atom stereocenters. The Bertz CT molecular complexity index is 799. The predicted molar refractivity (Wildman–Crippen MR) is 125 cm³/mol. The van der Waals surface area contributed by atoms with E-state index in [1.807, 2.05) is 55.5 Å². The number of amides is 2. The SMILES string of the molecule is CCCNC(=O)[C@@H](C)N(Cc1ccc(Br)cc1)C(=O)CSCc1ccc(Cl)cc1. The van der Waals surface area contributed by atoms with Crippen LogP contribution >= 0.6 is 39.3 Å². The molecule has 1 atom stereocenters. The zero-order valence-electron chi connectivity index (χ0n) is 16.7. The molecule has 0 bridgehead atoms. The summed E-state index contributed by atoms with van der Waals surface area (Å²) in [6.45, 7) is 4.79. The maximum atomic E-state index is 13.0. The molecule has 0 aliphatic heterocycles. The summed E-state index contributed by atoms with van der Waals surface area (Å²) in [4.78, 5) is 27.1. The molecule has 0 spiro atoms. The van der Waals surface area contributed by atoms with Crippen molar-refractivity contribution in [1.82, 2.24) is 10.2 Å². The van der Waals surface area contributed by atoms with Gasteiger partial charge in [-0.3, -0.25) is 9.59 Å². The van der Waals surface area contributed by atoms with Crippen molar-refractivity contribution in [2.75, 3.05) is 12.3 Å². The van der Waals surface area contributed by atoms with Gasteiger partial charge in [0.05, 0.1) is 5.75 Å². The number of thioether (sulfide) groups is 1. The number of hydrogen-bond donors (Lipinski definition) is 1. The summed E-state index contributed by atoms with van der Waals surface area (Å²) in [5.41, 5.74) is 2.10. The minimum Gasteiger partial charge on any atom is -0.354 e. The number of hydrogen-bond acceptors (Lipinski definition) is 3. The fourth-order valence-electron chi connectivity index (χ4n) is 2.68. The number of benzene rings is 2. The van der Waals surface area contributed by atoms with E-state index in [-0.39, 0.29) is 11.8 Å². The zero-order chi connectivity index (χ0) is 21.2. The van der Waals surface area contributed by atoms with Crippen LogP contribution < -0.4 is 5.32 Å². The number of rotatable bonds is 10. The van der Waals surface area contributed by atoms with E-state index >= 15 is 0 Å². The molecule has 1 N–H and O–H groups in total. The molecule has 0 aliphatic rings. The second kappa shape index (κ2) is 12.3. The third-order valence-electron chi connectivity index (χ3n) is 4.39. The minimum atomic E-state index is -0.533. The van der Waals surface area contributed by atoms with Crippen molar-refractivity contribution in [2.24, 2.45) is 0 Å². The topological polar surface area (TPSA) is 49.4 Å². The highest BCUT2D eigenvalue weighted by Crippen LogP contribution is 2.18. The lowest BCUT2D eigenvalue weighted by atomic mass is 10.1. The van der Waals surface area contributed by atoms with Crippen LogP contribution in [0.1, 0.15) is 31.4 Å². The van der Waals surface area contributed by atoms with Crippen molar-refractivity contribution in [1.29, 1.82) is 0 Å². The molecule has 4 nitrogen and oxygen atoms in total. The van der Waals surface area contributed by atoms with Crippen LogP contribution in [0.2, 0.25) is 5.02 Å². The summed E-state index contributed by atoms with van der Waals surface area (Å²) in [7, 11) is 0. The van der Waals surface area contributed by atoms with Gasteiger partial charge >= 0.3 is 0 Å². The molecule has 0 heterocycles. The van der Waals surface area contributed by atoms with Gasteiger partial charge in [-0.2, -0.15) is 0 Å². The Balaban J connectivity index is 2.03. The molecule has 7 heteroatoms. The van der Waals surface area contributed by atoms with Crippen LogP contribution in [0, 0.1) is 0 Å². The van der Waals surface area contributed by atoms with E-state index in [2.05, 4.69) is 21.2 Å². The van der Waals surface area contributed by atoms with Crippen LogP contribution in [-0.4, -0.2) is 35.1 Å². The van der Waals surface area contributed by atoms with Crippen molar-refractivity contribution in [3.63, 3.8) is 0 Å². The van der Waals surface area contributed by atoms with Crippen molar-refractivity contribution < 1.29 is 9.59 Å². The Morgan fingerprint density at radius 2 is 1.72 bits per heavy atom. The molecule has 29 heavy (non-hydrogen) atoms. The third kappa shape index (κ3) is 8.03. The van der Waals surface area contributed by atoms with E-state index in [1.165, 1.54) is 11.8 Å². The van der Waals surface area contributed by atoms with Gasteiger partial charge in [-0.15, -0.1) is 11.8 Å². The van der Waals surface area contributed by atoms with Crippen molar-refractivity contribution in [2.45, 2.75) is 38.6 Å². The molecular weight excluding hydrogens is 472 g/mol. The molecule has 2 rings (SSSR count). The number of carbonyl (C=O) groups is 2. The van der Waals surface area contributed by atoms with E-state index in [1.54, 1.807) is 11.8 Å². The Morgan fingerprint density at radius 1 is 1.10 bits per heavy atom. The summed E-state index contributed by atoms with van der Waals surface area (Å²) < 4.78 is 0.978. The lowest BCUT2D eigenvalue weighted by Gasteiger charge is -2.28. The second-order valence-corrected chi connectivity index (χ2v) is 9.07. The van der Waals surface area contributed by atoms with E-state index in [0.717, 1.165) is 22.0 Å². The highest BCUT2D eigenvalue weighted by Gasteiger charge is 2.25. The van der Waals surface area contributed by atoms with Crippen molar-refractivity contribution >= 4 is 51.1 Å².